The Morgan fingerprint density at radius 2 is 2.19 bits per heavy atom. The van der Waals surface area contributed by atoms with Crippen LogP contribution >= 0.6 is 23.1 Å². The SMILES string of the molecule is CN1CCC[C@@H]1C[C@@H]1CSc2ccc(-c3ccsc3)cc21. The predicted octanol–water partition coefficient (Wildman–Crippen LogP) is 5.09. The quantitative estimate of drug-likeness (QED) is 0.776. The Bertz CT molecular complexity index is 620. The molecule has 0 unspecified atom stereocenters. The lowest BCUT2D eigenvalue weighted by Gasteiger charge is -2.23. The standard InChI is InChI=1S/C18H21NS2/c1-19-7-2-3-16(19)9-15-12-21-18-5-4-13(10-17(15)18)14-6-8-20-11-14/h4-6,8,10-11,15-16H,2-3,7,9,12H2,1H3/t15-,16-/m1/s1. The summed E-state index contributed by atoms with van der Waals surface area (Å²) in [5.74, 6) is 2.02. The molecule has 2 atom stereocenters. The van der Waals surface area contributed by atoms with Crippen molar-refractivity contribution < 1.29 is 0 Å². The third-order valence-corrected chi connectivity index (χ3v) is 6.91. The first-order chi connectivity index (χ1) is 10.3. The van der Waals surface area contributed by atoms with E-state index < -0.39 is 0 Å². The first-order valence-electron chi connectivity index (χ1n) is 7.81. The molecule has 1 fully saturated rings. The lowest BCUT2D eigenvalue weighted by molar-refractivity contribution is 0.286. The van der Waals surface area contributed by atoms with Crippen molar-refractivity contribution in [1.29, 1.82) is 0 Å². The fourth-order valence-electron chi connectivity index (χ4n) is 3.69. The van der Waals surface area contributed by atoms with E-state index in [1.165, 1.54) is 47.6 Å². The summed E-state index contributed by atoms with van der Waals surface area (Å²) in [5.41, 5.74) is 4.36. The molecule has 1 saturated heterocycles. The molecule has 0 N–H and O–H groups in total. The van der Waals surface area contributed by atoms with Crippen molar-refractivity contribution in [3.8, 4) is 11.1 Å². The van der Waals surface area contributed by atoms with Gasteiger partial charge in [0.2, 0.25) is 0 Å². The van der Waals surface area contributed by atoms with Gasteiger partial charge in [0.05, 0.1) is 0 Å². The van der Waals surface area contributed by atoms with Crippen LogP contribution in [0.3, 0.4) is 0 Å². The van der Waals surface area contributed by atoms with Crippen LogP contribution in [-0.2, 0) is 0 Å². The van der Waals surface area contributed by atoms with E-state index in [4.69, 9.17) is 0 Å². The molecule has 0 radical (unpaired) electrons. The van der Waals surface area contributed by atoms with Gasteiger partial charge in [-0.15, -0.1) is 11.8 Å². The number of rotatable bonds is 3. The molecule has 0 saturated carbocycles. The van der Waals surface area contributed by atoms with Crippen LogP contribution in [0, 0.1) is 0 Å². The molecule has 0 spiro atoms. The highest BCUT2D eigenvalue weighted by molar-refractivity contribution is 7.99. The lowest BCUT2D eigenvalue weighted by atomic mass is 9.91. The molecule has 1 nitrogen and oxygen atoms in total. The molecule has 110 valence electrons. The molecule has 2 aliphatic rings. The Balaban J connectivity index is 1.59. The van der Waals surface area contributed by atoms with E-state index in [0.29, 0.717) is 0 Å². The fourth-order valence-corrected chi connectivity index (χ4v) is 5.61. The third-order valence-electron chi connectivity index (χ3n) is 4.97. The Labute approximate surface area is 135 Å². The van der Waals surface area contributed by atoms with Crippen molar-refractivity contribution in [3.63, 3.8) is 0 Å². The van der Waals surface area contributed by atoms with E-state index in [9.17, 15) is 0 Å². The Hall–Kier alpha value is -0.770. The average Bonchev–Trinajstić information content (AvgIpc) is 3.22. The Morgan fingerprint density at radius 3 is 2.95 bits per heavy atom. The molecular weight excluding hydrogens is 294 g/mol. The van der Waals surface area contributed by atoms with E-state index in [2.05, 4.69) is 58.7 Å². The second-order valence-electron chi connectivity index (χ2n) is 6.28. The highest BCUT2D eigenvalue weighted by Crippen LogP contribution is 2.44. The largest absolute Gasteiger partial charge is 0.303 e. The van der Waals surface area contributed by atoms with Gasteiger partial charge in [0.15, 0.2) is 0 Å². The van der Waals surface area contributed by atoms with E-state index in [0.717, 1.165) is 12.0 Å². The van der Waals surface area contributed by atoms with E-state index in [1.807, 2.05) is 0 Å². The zero-order valence-corrected chi connectivity index (χ0v) is 14.1. The maximum atomic E-state index is 2.56. The molecule has 0 bridgehead atoms. The van der Waals surface area contributed by atoms with Gasteiger partial charge in [0.25, 0.3) is 0 Å². The van der Waals surface area contributed by atoms with Gasteiger partial charge in [-0.1, -0.05) is 6.07 Å². The van der Waals surface area contributed by atoms with Crippen molar-refractivity contribution in [2.75, 3.05) is 19.3 Å². The maximum absolute atomic E-state index is 2.56. The van der Waals surface area contributed by atoms with Crippen molar-refractivity contribution in [3.05, 3.63) is 40.6 Å². The molecule has 0 amide bonds. The molecular formula is C18H21NS2. The van der Waals surface area contributed by atoms with Gasteiger partial charge in [-0.3, -0.25) is 0 Å². The fraction of sp³-hybridized carbons (Fsp3) is 0.444. The number of benzene rings is 1. The van der Waals surface area contributed by atoms with E-state index in [1.54, 1.807) is 16.9 Å². The summed E-state index contributed by atoms with van der Waals surface area (Å²) in [7, 11) is 2.29. The van der Waals surface area contributed by atoms with Gasteiger partial charge in [-0.05, 0) is 84.4 Å². The molecule has 1 aromatic heterocycles. The van der Waals surface area contributed by atoms with Gasteiger partial charge >= 0.3 is 0 Å². The normalized spacial score (nSPS) is 25.4. The second kappa shape index (κ2) is 5.79. The first kappa shape index (κ1) is 13.9. The molecule has 4 rings (SSSR count). The smallest absolute Gasteiger partial charge is 0.0108 e. The number of thiophene rings is 1. The summed E-state index contributed by atoms with van der Waals surface area (Å²) in [6.45, 7) is 1.28. The van der Waals surface area contributed by atoms with Crippen molar-refractivity contribution in [2.24, 2.45) is 0 Å². The van der Waals surface area contributed by atoms with E-state index >= 15 is 0 Å². The Morgan fingerprint density at radius 1 is 1.24 bits per heavy atom. The summed E-state index contributed by atoms with van der Waals surface area (Å²) in [4.78, 5) is 4.07. The van der Waals surface area contributed by atoms with Crippen LogP contribution in [0.2, 0.25) is 0 Å². The summed E-state index contributed by atoms with van der Waals surface area (Å²) in [6.07, 6.45) is 4.10. The number of fused-ring (bicyclic) bond motifs is 1. The van der Waals surface area contributed by atoms with Crippen molar-refractivity contribution in [1.82, 2.24) is 4.90 Å². The number of thioether (sulfide) groups is 1. The number of nitrogens with zero attached hydrogens (tertiary/aromatic N) is 1. The van der Waals surface area contributed by atoms with Crippen molar-refractivity contribution in [2.45, 2.75) is 36.1 Å². The molecule has 2 aliphatic heterocycles. The minimum absolute atomic E-state index is 0.745. The van der Waals surface area contributed by atoms with Crippen LogP contribution in [0.25, 0.3) is 11.1 Å². The molecule has 1 aromatic carbocycles. The topological polar surface area (TPSA) is 3.24 Å². The molecule has 0 aliphatic carbocycles. The third kappa shape index (κ3) is 2.67. The van der Waals surface area contributed by atoms with Crippen LogP contribution in [0.15, 0.2) is 39.9 Å². The van der Waals surface area contributed by atoms with Crippen LogP contribution in [0.4, 0.5) is 0 Å². The van der Waals surface area contributed by atoms with Crippen LogP contribution in [0.1, 0.15) is 30.7 Å². The summed E-state index contributed by atoms with van der Waals surface area (Å²) >= 11 is 3.83. The molecule has 3 heterocycles. The van der Waals surface area contributed by atoms with Crippen LogP contribution in [0.5, 0.6) is 0 Å². The average molecular weight is 316 g/mol. The first-order valence-corrected chi connectivity index (χ1v) is 9.73. The Kier molecular flexibility index (Phi) is 3.82. The summed E-state index contributed by atoms with van der Waals surface area (Å²) in [5, 5.41) is 4.42. The van der Waals surface area contributed by atoms with E-state index in [-0.39, 0.29) is 0 Å². The minimum atomic E-state index is 0.745. The van der Waals surface area contributed by atoms with Gasteiger partial charge < -0.3 is 4.90 Å². The number of likely N-dealkylation sites (tertiary alicyclic amines) is 1. The highest BCUT2D eigenvalue weighted by atomic mass is 32.2. The zero-order valence-electron chi connectivity index (χ0n) is 12.4. The van der Waals surface area contributed by atoms with Gasteiger partial charge in [-0.2, -0.15) is 11.3 Å². The molecule has 3 heteroatoms. The summed E-state index contributed by atoms with van der Waals surface area (Å²) < 4.78 is 0. The monoisotopic (exact) mass is 315 g/mol. The van der Waals surface area contributed by atoms with Gasteiger partial charge in [-0.25, -0.2) is 0 Å². The molecule has 21 heavy (non-hydrogen) atoms. The number of hydrogen-bond donors (Lipinski definition) is 0. The summed E-state index contributed by atoms with van der Waals surface area (Å²) in [6, 6.07) is 10.1. The highest BCUT2D eigenvalue weighted by Gasteiger charge is 2.29. The second-order valence-corrected chi connectivity index (χ2v) is 8.13. The van der Waals surface area contributed by atoms with Gasteiger partial charge in [0, 0.05) is 16.7 Å². The number of hydrogen-bond acceptors (Lipinski definition) is 3. The maximum Gasteiger partial charge on any atom is 0.0108 e. The minimum Gasteiger partial charge on any atom is -0.303 e. The van der Waals surface area contributed by atoms with Gasteiger partial charge in [0.1, 0.15) is 0 Å². The zero-order chi connectivity index (χ0) is 14.2. The van der Waals surface area contributed by atoms with Crippen LogP contribution < -0.4 is 0 Å². The predicted molar refractivity (Wildman–Crippen MR) is 93.5 cm³/mol. The van der Waals surface area contributed by atoms with Crippen LogP contribution in [-0.4, -0.2) is 30.3 Å². The lowest BCUT2D eigenvalue weighted by Crippen LogP contribution is -2.26. The molecule has 2 aromatic rings. The van der Waals surface area contributed by atoms with Crippen molar-refractivity contribution >= 4 is 23.1 Å².